The van der Waals surface area contributed by atoms with Gasteiger partial charge in [-0.2, -0.15) is 0 Å². The predicted molar refractivity (Wildman–Crippen MR) is 153 cm³/mol. The molecule has 2 spiro atoms. The zero-order chi connectivity index (χ0) is 28.1. The number of epoxide rings is 1. The van der Waals surface area contributed by atoms with Gasteiger partial charge in [-0.3, -0.25) is 9.59 Å². The van der Waals surface area contributed by atoms with Gasteiger partial charge in [-0.15, -0.1) is 0 Å². The standard InChI is InChI=1S/C34H52O5/c1-6-7-8-9-10-11-12-13-14-15-16-17-28(36)38-33-21-24(3)34-27(30(33)31(33,4)5)19-25(22-35)18-26-29(37)23(2)20-32(26,34)39-34/h19-20,24,26-27,30,35H,6-18,21-22H2,1-5H3/t24-,26?,27?,30+,32-,33+,34-/m1/s1. The summed E-state index contributed by atoms with van der Waals surface area (Å²) in [6.45, 7) is 10.8. The van der Waals surface area contributed by atoms with Crippen molar-refractivity contribution in [2.24, 2.45) is 29.1 Å². The van der Waals surface area contributed by atoms with Crippen LogP contribution in [0, 0.1) is 29.1 Å². The summed E-state index contributed by atoms with van der Waals surface area (Å²) in [5.74, 6) is 0.133. The maximum atomic E-state index is 13.1. The number of hydrogen-bond acceptors (Lipinski definition) is 5. The first-order valence-corrected chi connectivity index (χ1v) is 16.1. The number of esters is 1. The van der Waals surface area contributed by atoms with E-state index in [0.29, 0.717) is 12.8 Å². The van der Waals surface area contributed by atoms with Crippen molar-refractivity contribution in [3.05, 3.63) is 23.3 Å². The number of allylic oxidation sites excluding steroid dienone is 1. The predicted octanol–water partition coefficient (Wildman–Crippen LogP) is 7.26. The highest BCUT2D eigenvalue weighted by Crippen LogP contribution is 2.82. The lowest BCUT2D eigenvalue weighted by Gasteiger charge is -2.38. The molecule has 5 rings (SSSR count). The molecule has 1 heterocycles. The van der Waals surface area contributed by atoms with Gasteiger partial charge in [-0.25, -0.2) is 0 Å². The Labute approximate surface area is 236 Å². The van der Waals surface area contributed by atoms with Gasteiger partial charge in [-0.05, 0) is 49.3 Å². The summed E-state index contributed by atoms with van der Waals surface area (Å²) in [5, 5.41) is 10.2. The second-order valence-corrected chi connectivity index (χ2v) is 14.1. The Morgan fingerprint density at radius 3 is 2.28 bits per heavy atom. The van der Waals surface area contributed by atoms with E-state index >= 15 is 0 Å². The molecular weight excluding hydrogens is 488 g/mol. The fourth-order valence-electron chi connectivity index (χ4n) is 9.27. The number of ketones is 1. The van der Waals surface area contributed by atoms with Crippen molar-refractivity contribution < 1.29 is 24.2 Å². The minimum atomic E-state index is -0.573. The van der Waals surface area contributed by atoms with E-state index in [-0.39, 0.29) is 47.4 Å². The highest BCUT2D eigenvalue weighted by Gasteiger charge is 2.90. The van der Waals surface area contributed by atoms with Gasteiger partial charge in [0.25, 0.3) is 0 Å². The van der Waals surface area contributed by atoms with Gasteiger partial charge in [0.15, 0.2) is 5.78 Å². The SMILES string of the molecule is CCCCCCCCCCCCCC(=O)O[C@@]12C[C@@H](C)[C@]34O[C@@]35C=C(C)C(=O)C5CC(CO)=CC4[C@H]1C2(C)C. The molecule has 0 radical (unpaired) electrons. The Morgan fingerprint density at radius 1 is 1.05 bits per heavy atom. The van der Waals surface area contributed by atoms with Crippen LogP contribution in [0.3, 0.4) is 0 Å². The van der Waals surface area contributed by atoms with Gasteiger partial charge in [0.1, 0.15) is 16.8 Å². The smallest absolute Gasteiger partial charge is 0.306 e. The topological polar surface area (TPSA) is 76.1 Å². The lowest BCUT2D eigenvalue weighted by atomic mass is 9.64. The third-order valence-corrected chi connectivity index (χ3v) is 11.4. The van der Waals surface area contributed by atoms with Crippen molar-refractivity contribution in [2.45, 2.75) is 141 Å². The van der Waals surface area contributed by atoms with Gasteiger partial charge in [0, 0.05) is 23.7 Å². The molecule has 5 heteroatoms. The number of aliphatic hydroxyl groups is 1. The molecule has 0 aromatic carbocycles. The van der Waals surface area contributed by atoms with Crippen LogP contribution in [0.25, 0.3) is 0 Å². The molecule has 2 saturated carbocycles. The number of carbonyl (C=O) groups is 2. The number of fused-ring (bicyclic) bond motifs is 2. The first-order valence-electron chi connectivity index (χ1n) is 16.1. The molecule has 4 aliphatic carbocycles. The maximum Gasteiger partial charge on any atom is 0.306 e. The van der Waals surface area contributed by atoms with Crippen LogP contribution in [0.5, 0.6) is 0 Å². The third-order valence-electron chi connectivity index (χ3n) is 11.4. The van der Waals surface area contributed by atoms with E-state index < -0.39 is 16.8 Å². The molecule has 0 aromatic heterocycles. The van der Waals surface area contributed by atoms with Crippen molar-refractivity contribution in [3.63, 3.8) is 0 Å². The van der Waals surface area contributed by atoms with Gasteiger partial charge < -0.3 is 14.6 Å². The number of ether oxygens (including phenoxy) is 2. The summed E-state index contributed by atoms with van der Waals surface area (Å²) >= 11 is 0. The molecule has 218 valence electrons. The van der Waals surface area contributed by atoms with Crippen LogP contribution < -0.4 is 0 Å². The largest absolute Gasteiger partial charge is 0.458 e. The maximum absolute atomic E-state index is 13.1. The quantitative estimate of drug-likeness (QED) is 0.109. The number of rotatable bonds is 14. The van der Waals surface area contributed by atoms with Crippen LogP contribution >= 0.6 is 0 Å². The van der Waals surface area contributed by atoms with Crippen LogP contribution in [0.4, 0.5) is 0 Å². The van der Waals surface area contributed by atoms with Gasteiger partial charge in [-0.1, -0.05) is 98.0 Å². The van der Waals surface area contributed by atoms with Gasteiger partial charge in [0.2, 0.25) is 0 Å². The summed E-state index contributed by atoms with van der Waals surface area (Å²) in [6.07, 6.45) is 20.0. The zero-order valence-corrected chi connectivity index (χ0v) is 25.2. The molecule has 1 N–H and O–H groups in total. The third kappa shape index (κ3) is 4.49. The average molecular weight is 541 g/mol. The first kappa shape index (κ1) is 29.0. The molecule has 0 amide bonds. The summed E-state index contributed by atoms with van der Waals surface area (Å²) in [6, 6.07) is 0. The zero-order valence-electron chi connectivity index (χ0n) is 25.2. The van der Waals surface area contributed by atoms with E-state index in [9.17, 15) is 14.7 Å². The summed E-state index contributed by atoms with van der Waals surface area (Å²) < 4.78 is 13.2. The van der Waals surface area contributed by atoms with E-state index in [0.717, 1.165) is 30.4 Å². The average Bonchev–Trinajstić information content (AvgIpc) is 3.66. The number of aliphatic hydroxyl groups excluding tert-OH is 1. The highest BCUT2D eigenvalue weighted by atomic mass is 16.6. The first-order chi connectivity index (χ1) is 18.6. The van der Waals surface area contributed by atoms with E-state index in [4.69, 9.17) is 9.47 Å². The van der Waals surface area contributed by atoms with E-state index in [2.05, 4.69) is 39.8 Å². The minimum absolute atomic E-state index is 0.0214. The van der Waals surface area contributed by atoms with Gasteiger partial charge in [0.05, 0.1) is 12.5 Å². The summed E-state index contributed by atoms with van der Waals surface area (Å²) in [5.41, 5.74) is 0.0137. The lowest BCUT2D eigenvalue weighted by molar-refractivity contribution is -0.158. The monoisotopic (exact) mass is 540 g/mol. The molecular formula is C34H52O5. The Bertz CT molecular complexity index is 1020. The van der Waals surface area contributed by atoms with Crippen molar-refractivity contribution >= 4 is 11.8 Å². The van der Waals surface area contributed by atoms with Crippen LogP contribution in [-0.4, -0.2) is 40.3 Å². The Balaban J connectivity index is 1.17. The summed E-state index contributed by atoms with van der Waals surface area (Å²) in [7, 11) is 0. The van der Waals surface area contributed by atoms with E-state index in [1.165, 1.54) is 57.8 Å². The van der Waals surface area contributed by atoms with E-state index in [1.54, 1.807) is 0 Å². The summed E-state index contributed by atoms with van der Waals surface area (Å²) in [4.78, 5) is 26.3. The van der Waals surface area contributed by atoms with Crippen molar-refractivity contribution in [1.82, 2.24) is 0 Å². The minimum Gasteiger partial charge on any atom is -0.458 e. The highest BCUT2D eigenvalue weighted by molar-refractivity contribution is 6.02. The molecule has 0 bridgehead atoms. The number of hydrogen-bond donors (Lipinski definition) is 1. The number of carbonyl (C=O) groups excluding carboxylic acids is 2. The molecule has 0 aromatic rings. The molecule has 7 atom stereocenters. The molecule has 3 fully saturated rings. The van der Waals surface area contributed by atoms with Crippen molar-refractivity contribution in [2.75, 3.05) is 6.61 Å². The second-order valence-electron chi connectivity index (χ2n) is 14.1. The van der Waals surface area contributed by atoms with Crippen LogP contribution in [0.1, 0.15) is 125 Å². The van der Waals surface area contributed by atoms with Crippen molar-refractivity contribution in [3.8, 4) is 0 Å². The van der Waals surface area contributed by atoms with Gasteiger partial charge >= 0.3 is 5.97 Å². The Kier molecular flexibility index (Phi) is 8.00. The molecule has 2 unspecified atom stereocenters. The van der Waals surface area contributed by atoms with Crippen LogP contribution in [0.15, 0.2) is 23.3 Å². The molecule has 5 aliphatic rings. The fourth-order valence-corrected chi connectivity index (χ4v) is 9.27. The fraction of sp³-hybridized carbons (Fsp3) is 0.824. The molecule has 1 aliphatic heterocycles. The molecule has 1 saturated heterocycles. The lowest BCUT2D eigenvalue weighted by Crippen LogP contribution is -2.48. The normalized spacial score (nSPS) is 39.0. The van der Waals surface area contributed by atoms with Crippen LogP contribution in [0.2, 0.25) is 0 Å². The van der Waals surface area contributed by atoms with Crippen LogP contribution in [-0.2, 0) is 19.1 Å². The van der Waals surface area contributed by atoms with Crippen molar-refractivity contribution in [1.29, 1.82) is 0 Å². The molecule has 39 heavy (non-hydrogen) atoms. The van der Waals surface area contributed by atoms with E-state index in [1.807, 2.05) is 6.92 Å². The number of unbranched alkanes of at least 4 members (excludes halogenated alkanes) is 10. The number of Topliss-reactive ketones (excluding diaryl/α,β-unsaturated/α-hetero) is 1. The Hall–Kier alpha value is -1.46. The Morgan fingerprint density at radius 2 is 1.67 bits per heavy atom. The molecule has 5 nitrogen and oxygen atoms in total. The second kappa shape index (κ2) is 10.7.